The largest absolute Gasteiger partial charge is 0.126 e. The summed E-state index contributed by atoms with van der Waals surface area (Å²) in [6, 6.07) is 18.9. The average molecular weight is 378 g/mol. The normalized spacial score (nSPS) is 11.0. The zero-order chi connectivity index (χ0) is 14.8. The second kappa shape index (κ2) is 6.43. The Labute approximate surface area is 142 Å². The van der Waals surface area contributed by atoms with E-state index < -0.39 is 0 Å². The van der Waals surface area contributed by atoms with Gasteiger partial charge in [-0.15, -0.1) is 11.8 Å². The van der Waals surface area contributed by atoms with Crippen LogP contribution in [0.25, 0.3) is 21.9 Å². The number of thioether (sulfide) groups is 1. The van der Waals surface area contributed by atoms with Crippen molar-refractivity contribution in [2.45, 2.75) is 11.8 Å². The van der Waals surface area contributed by atoms with Crippen LogP contribution in [0.4, 0.5) is 0 Å². The Bertz CT molecular complexity index is 798. The van der Waals surface area contributed by atoms with Crippen LogP contribution in [0.5, 0.6) is 0 Å². The van der Waals surface area contributed by atoms with E-state index in [1.54, 1.807) is 0 Å². The fraction of sp³-hybridized carbons (Fsp3) is 0.111. The molecule has 0 aliphatic carbocycles. The number of hydrogen-bond acceptors (Lipinski definition) is 1. The van der Waals surface area contributed by atoms with E-state index in [2.05, 4.69) is 71.4 Å². The molecule has 0 radical (unpaired) electrons. The molecule has 0 N–H and O–H groups in total. The van der Waals surface area contributed by atoms with Gasteiger partial charge < -0.3 is 0 Å². The molecule has 3 rings (SSSR count). The Morgan fingerprint density at radius 2 is 1.67 bits per heavy atom. The summed E-state index contributed by atoms with van der Waals surface area (Å²) >= 11 is 11.9. The van der Waals surface area contributed by atoms with Crippen LogP contribution in [-0.2, 0) is 0 Å². The first-order valence-electron chi connectivity index (χ1n) is 6.80. The molecule has 0 aliphatic rings. The lowest BCUT2D eigenvalue weighted by Crippen LogP contribution is -1.86. The van der Waals surface area contributed by atoms with E-state index in [4.69, 9.17) is 11.6 Å². The zero-order valence-corrected chi connectivity index (χ0v) is 14.7. The topological polar surface area (TPSA) is 0 Å². The minimum absolute atomic E-state index is 0.800. The predicted octanol–water partition coefficient (Wildman–Crippen LogP) is 7.03. The summed E-state index contributed by atoms with van der Waals surface area (Å²) in [6.07, 6.45) is 0. The summed E-state index contributed by atoms with van der Waals surface area (Å²) in [5.74, 6) is 1.04. The van der Waals surface area contributed by atoms with Gasteiger partial charge in [-0.05, 0) is 46.4 Å². The fourth-order valence-electron chi connectivity index (χ4n) is 2.41. The minimum atomic E-state index is 0.800. The van der Waals surface area contributed by atoms with Crippen LogP contribution in [-0.4, -0.2) is 5.75 Å². The van der Waals surface area contributed by atoms with Crippen LogP contribution < -0.4 is 0 Å². The maximum atomic E-state index is 6.53. The van der Waals surface area contributed by atoms with Crippen LogP contribution in [0.15, 0.2) is 64.0 Å². The van der Waals surface area contributed by atoms with Crippen molar-refractivity contribution in [2.24, 2.45) is 0 Å². The molecule has 3 aromatic rings. The predicted molar refractivity (Wildman–Crippen MR) is 98.5 cm³/mol. The Hall–Kier alpha value is -0.960. The highest BCUT2D eigenvalue weighted by Gasteiger charge is 2.11. The lowest BCUT2D eigenvalue weighted by atomic mass is 10.0. The van der Waals surface area contributed by atoms with Crippen molar-refractivity contribution in [3.63, 3.8) is 0 Å². The molecule has 0 spiro atoms. The number of hydrogen-bond donors (Lipinski definition) is 0. The van der Waals surface area contributed by atoms with Gasteiger partial charge in [0.15, 0.2) is 0 Å². The van der Waals surface area contributed by atoms with Gasteiger partial charge in [-0.25, -0.2) is 0 Å². The van der Waals surface area contributed by atoms with E-state index in [0.29, 0.717) is 0 Å². The van der Waals surface area contributed by atoms with E-state index in [1.165, 1.54) is 21.2 Å². The van der Waals surface area contributed by atoms with E-state index in [-0.39, 0.29) is 0 Å². The van der Waals surface area contributed by atoms with Crippen molar-refractivity contribution in [3.05, 3.63) is 64.1 Å². The van der Waals surface area contributed by atoms with Crippen LogP contribution in [0.1, 0.15) is 6.92 Å². The first-order valence-corrected chi connectivity index (χ1v) is 8.95. The van der Waals surface area contributed by atoms with Crippen molar-refractivity contribution in [2.75, 3.05) is 5.75 Å². The summed E-state index contributed by atoms with van der Waals surface area (Å²) in [5.41, 5.74) is 2.29. The molecule has 0 nitrogen and oxygen atoms in total. The Morgan fingerprint density at radius 1 is 0.952 bits per heavy atom. The monoisotopic (exact) mass is 376 g/mol. The molecule has 0 aliphatic heterocycles. The lowest BCUT2D eigenvalue weighted by molar-refractivity contribution is 1.40. The second-order valence-electron chi connectivity index (χ2n) is 4.75. The van der Waals surface area contributed by atoms with Crippen LogP contribution >= 0.6 is 39.3 Å². The van der Waals surface area contributed by atoms with Crippen molar-refractivity contribution < 1.29 is 0 Å². The third kappa shape index (κ3) is 3.13. The number of halogens is 2. The van der Waals surface area contributed by atoms with Gasteiger partial charge in [0.2, 0.25) is 0 Å². The Morgan fingerprint density at radius 3 is 2.38 bits per heavy atom. The van der Waals surface area contributed by atoms with E-state index in [0.717, 1.165) is 20.8 Å². The first-order chi connectivity index (χ1) is 10.2. The minimum Gasteiger partial charge on any atom is -0.126 e. The SMILES string of the molecule is CCSc1cc(Br)ccc1-c1cc2ccccc2cc1Cl. The molecule has 0 bridgehead atoms. The van der Waals surface area contributed by atoms with Gasteiger partial charge >= 0.3 is 0 Å². The van der Waals surface area contributed by atoms with Crippen molar-refractivity contribution in [1.29, 1.82) is 0 Å². The van der Waals surface area contributed by atoms with Gasteiger partial charge in [0.1, 0.15) is 0 Å². The maximum Gasteiger partial charge on any atom is 0.0491 e. The van der Waals surface area contributed by atoms with Gasteiger partial charge in [0.25, 0.3) is 0 Å². The summed E-state index contributed by atoms with van der Waals surface area (Å²) in [6.45, 7) is 2.16. The molecule has 0 aromatic heterocycles. The zero-order valence-electron chi connectivity index (χ0n) is 11.6. The summed E-state index contributed by atoms with van der Waals surface area (Å²) in [5, 5.41) is 3.19. The maximum absolute atomic E-state index is 6.53. The molecule has 0 fully saturated rings. The number of rotatable bonds is 3. The van der Waals surface area contributed by atoms with Crippen LogP contribution in [0, 0.1) is 0 Å². The molecule has 0 saturated heterocycles. The van der Waals surface area contributed by atoms with Gasteiger partial charge in [-0.1, -0.05) is 64.8 Å². The average Bonchev–Trinajstić information content (AvgIpc) is 2.47. The summed E-state index contributed by atoms with van der Waals surface area (Å²) in [7, 11) is 0. The van der Waals surface area contributed by atoms with Crippen LogP contribution in [0.3, 0.4) is 0 Å². The molecular formula is C18H14BrClS. The highest BCUT2D eigenvalue weighted by atomic mass is 79.9. The number of fused-ring (bicyclic) bond motifs is 1. The van der Waals surface area contributed by atoms with E-state index in [9.17, 15) is 0 Å². The van der Waals surface area contributed by atoms with E-state index >= 15 is 0 Å². The van der Waals surface area contributed by atoms with Crippen molar-refractivity contribution in [3.8, 4) is 11.1 Å². The highest BCUT2D eigenvalue weighted by molar-refractivity contribution is 9.10. The van der Waals surface area contributed by atoms with Crippen LogP contribution in [0.2, 0.25) is 5.02 Å². The first kappa shape index (κ1) is 15.0. The van der Waals surface area contributed by atoms with Gasteiger partial charge in [0, 0.05) is 20.0 Å². The van der Waals surface area contributed by atoms with Crippen molar-refractivity contribution in [1.82, 2.24) is 0 Å². The van der Waals surface area contributed by atoms with Crippen molar-refractivity contribution >= 4 is 50.1 Å². The van der Waals surface area contributed by atoms with Gasteiger partial charge in [-0.3, -0.25) is 0 Å². The smallest absolute Gasteiger partial charge is 0.0491 e. The fourth-order valence-corrected chi connectivity index (χ4v) is 4.05. The van der Waals surface area contributed by atoms with E-state index in [1.807, 2.05) is 17.8 Å². The van der Waals surface area contributed by atoms with Gasteiger partial charge in [-0.2, -0.15) is 0 Å². The summed E-state index contributed by atoms with van der Waals surface area (Å²) in [4.78, 5) is 1.25. The van der Waals surface area contributed by atoms with Gasteiger partial charge in [0.05, 0.1) is 0 Å². The third-order valence-corrected chi connectivity index (χ3v) is 5.11. The quantitative estimate of drug-likeness (QED) is 0.441. The summed E-state index contributed by atoms with van der Waals surface area (Å²) < 4.78 is 1.10. The standard InChI is InChI=1S/C18H14BrClS/c1-2-21-18-11-14(19)7-8-15(18)16-9-12-5-3-4-6-13(12)10-17(16)20/h3-11H,2H2,1H3. The third-order valence-electron chi connectivity index (χ3n) is 3.37. The molecule has 0 amide bonds. The number of benzene rings is 3. The molecule has 106 valence electrons. The molecule has 0 heterocycles. The second-order valence-corrected chi connectivity index (χ2v) is 7.38. The molecule has 3 heteroatoms. The lowest BCUT2D eigenvalue weighted by Gasteiger charge is -2.12. The molecule has 0 unspecified atom stereocenters. The Kier molecular flexibility index (Phi) is 4.58. The molecule has 21 heavy (non-hydrogen) atoms. The molecule has 3 aromatic carbocycles. The highest BCUT2D eigenvalue weighted by Crippen LogP contribution is 2.38. The molecule has 0 saturated carbocycles. The molecule has 0 atom stereocenters. The Balaban J connectivity index is 2.22. The molecular weight excluding hydrogens is 364 g/mol.